The second-order valence-electron chi connectivity index (χ2n) is 7.61. The van der Waals surface area contributed by atoms with Crippen LogP contribution in [0.25, 0.3) is 0 Å². The SMILES string of the molecule is O=C(c1cccnc1N1CCC(Oc2ccc(F)cc2F)CC1)N1CCCCC1. The van der Waals surface area contributed by atoms with E-state index in [1.165, 1.54) is 18.6 Å². The number of anilines is 1. The van der Waals surface area contributed by atoms with E-state index in [1.54, 1.807) is 12.3 Å². The molecule has 154 valence electrons. The first-order valence-corrected chi connectivity index (χ1v) is 10.2. The molecule has 0 bridgehead atoms. The summed E-state index contributed by atoms with van der Waals surface area (Å²) in [6, 6.07) is 6.99. The summed E-state index contributed by atoms with van der Waals surface area (Å²) in [5, 5.41) is 0. The molecule has 2 saturated heterocycles. The van der Waals surface area contributed by atoms with Gasteiger partial charge in [0.05, 0.1) is 5.56 Å². The lowest BCUT2D eigenvalue weighted by molar-refractivity contribution is 0.0724. The fourth-order valence-corrected chi connectivity index (χ4v) is 4.02. The Bertz CT molecular complexity index is 863. The fourth-order valence-electron chi connectivity index (χ4n) is 4.02. The van der Waals surface area contributed by atoms with E-state index in [2.05, 4.69) is 9.88 Å². The number of likely N-dealkylation sites (tertiary alicyclic amines) is 1. The van der Waals surface area contributed by atoms with Crippen LogP contribution in [0.4, 0.5) is 14.6 Å². The van der Waals surface area contributed by atoms with Crippen molar-refractivity contribution in [2.75, 3.05) is 31.1 Å². The molecule has 0 saturated carbocycles. The first-order chi connectivity index (χ1) is 14.1. The van der Waals surface area contributed by atoms with E-state index in [0.717, 1.165) is 32.0 Å². The zero-order valence-electron chi connectivity index (χ0n) is 16.3. The van der Waals surface area contributed by atoms with Gasteiger partial charge in [-0.2, -0.15) is 0 Å². The normalized spacial score (nSPS) is 18.0. The van der Waals surface area contributed by atoms with Gasteiger partial charge in [-0.15, -0.1) is 0 Å². The van der Waals surface area contributed by atoms with Crippen LogP contribution < -0.4 is 9.64 Å². The van der Waals surface area contributed by atoms with E-state index in [9.17, 15) is 13.6 Å². The number of carbonyl (C=O) groups is 1. The minimum Gasteiger partial charge on any atom is -0.487 e. The molecule has 0 N–H and O–H groups in total. The Hall–Kier alpha value is -2.70. The number of pyridine rings is 1. The van der Waals surface area contributed by atoms with E-state index in [4.69, 9.17) is 4.74 Å². The minimum absolute atomic E-state index is 0.0413. The van der Waals surface area contributed by atoms with Crippen LogP contribution in [-0.2, 0) is 0 Å². The number of aromatic nitrogens is 1. The molecule has 2 aliphatic heterocycles. The maximum atomic E-state index is 13.8. The third kappa shape index (κ3) is 4.49. The largest absolute Gasteiger partial charge is 0.487 e. The quantitative estimate of drug-likeness (QED) is 0.776. The third-order valence-electron chi connectivity index (χ3n) is 5.59. The van der Waals surface area contributed by atoms with Gasteiger partial charge in [0.1, 0.15) is 17.7 Å². The average Bonchev–Trinajstić information content (AvgIpc) is 2.76. The van der Waals surface area contributed by atoms with Gasteiger partial charge in [-0.1, -0.05) is 0 Å². The molecule has 4 rings (SSSR count). The van der Waals surface area contributed by atoms with Crippen LogP contribution >= 0.6 is 0 Å². The number of piperidine rings is 2. The van der Waals surface area contributed by atoms with Crippen LogP contribution in [0.2, 0.25) is 0 Å². The lowest BCUT2D eigenvalue weighted by Gasteiger charge is -2.34. The number of carbonyl (C=O) groups excluding carboxylic acids is 1. The Morgan fingerprint density at radius 3 is 2.52 bits per heavy atom. The molecule has 2 aromatic rings. The van der Waals surface area contributed by atoms with Gasteiger partial charge in [0.2, 0.25) is 0 Å². The third-order valence-corrected chi connectivity index (χ3v) is 5.59. The molecule has 0 aliphatic carbocycles. The fraction of sp³-hybridized carbons (Fsp3) is 0.455. The molecule has 29 heavy (non-hydrogen) atoms. The average molecular weight is 401 g/mol. The van der Waals surface area contributed by atoms with Crippen molar-refractivity contribution in [1.82, 2.24) is 9.88 Å². The minimum atomic E-state index is -0.688. The predicted octanol–water partition coefficient (Wildman–Crippen LogP) is 4.03. The predicted molar refractivity (Wildman–Crippen MR) is 106 cm³/mol. The van der Waals surface area contributed by atoms with Crippen molar-refractivity contribution in [3.05, 3.63) is 53.7 Å². The van der Waals surface area contributed by atoms with Gasteiger partial charge < -0.3 is 14.5 Å². The molecule has 3 heterocycles. The van der Waals surface area contributed by atoms with Crippen molar-refractivity contribution < 1.29 is 18.3 Å². The Kier molecular flexibility index (Phi) is 5.92. The van der Waals surface area contributed by atoms with Gasteiger partial charge in [-0.25, -0.2) is 13.8 Å². The zero-order valence-corrected chi connectivity index (χ0v) is 16.3. The van der Waals surface area contributed by atoms with Crippen LogP contribution in [0.15, 0.2) is 36.5 Å². The molecule has 0 radical (unpaired) electrons. The van der Waals surface area contributed by atoms with Crippen molar-refractivity contribution in [1.29, 1.82) is 0 Å². The van der Waals surface area contributed by atoms with Crippen LogP contribution in [0, 0.1) is 11.6 Å². The van der Waals surface area contributed by atoms with E-state index < -0.39 is 11.6 Å². The Labute approximate surface area is 169 Å². The molecular formula is C22H25F2N3O2. The van der Waals surface area contributed by atoms with Crippen molar-refractivity contribution >= 4 is 11.7 Å². The molecule has 1 aromatic carbocycles. The molecule has 7 heteroatoms. The van der Waals surface area contributed by atoms with Crippen LogP contribution in [-0.4, -0.2) is 48.1 Å². The maximum absolute atomic E-state index is 13.8. The van der Waals surface area contributed by atoms with Crippen LogP contribution in [0.1, 0.15) is 42.5 Å². The number of benzene rings is 1. The van der Waals surface area contributed by atoms with Crippen LogP contribution in [0.5, 0.6) is 5.75 Å². The van der Waals surface area contributed by atoms with Crippen molar-refractivity contribution in [2.24, 2.45) is 0 Å². The highest BCUT2D eigenvalue weighted by Crippen LogP contribution is 2.27. The van der Waals surface area contributed by atoms with E-state index in [-0.39, 0.29) is 17.8 Å². The van der Waals surface area contributed by atoms with Crippen LogP contribution in [0.3, 0.4) is 0 Å². The van der Waals surface area contributed by atoms with E-state index in [0.29, 0.717) is 37.3 Å². The molecule has 0 atom stereocenters. The number of hydrogen-bond acceptors (Lipinski definition) is 4. The summed E-state index contributed by atoms with van der Waals surface area (Å²) in [5.41, 5.74) is 0.637. The van der Waals surface area contributed by atoms with Gasteiger partial charge in [0, 0.05) is 51.3 Å². The summed E-state index contributed by atoms with van der Waals surface area (Å²) in [6.45, 7) is 2.91. The summed E-state index contributed by atoms with van der Waals surface area (Å²) in [7, 11) is 0. The van der Waals surface area contributed by atoms with Gasteiger partial charge in [-0.05, 0) is 43.5 Å². The van der Waals surface area contributed by atoms with Crippen molar-refractivity contribution in [3.8, 4) is 5.75 Å². The highest BCUT2D eigenvalue weighted by molar-refractivity contribution is 5.99. The maximum Gasteiger partial charge on any atom is 0.257 e. The topological polar surface area (TPSA) is 45.7 Å². The monoisotopic (exact) mass is 401 g/mol. The Balaban J connectivity index is 1.41. The van der Waals surface area contributed by atoms with E-state index in [1.807, 2.05) is 11.0 Å². The lowest BCUT2D eigenvalue weighted by Crippen LogP contribution is -2.41. The van der Waals surface area contributed by atoms with Gasteiger partial charge in [0.25, 0.3) is 5.91 Å². The molecule has 5 nitrogen and oxygen atoms in total. The smallest absolute Gasteiger partial charge is 0.257 e. The molecule has 1 aromatic heterocycles. The molecule has 1 amide bonds. The second kappa shape index (κ2) is 8.76. The highest BCUT2D eigenvalue weighted by Gasteiger charge is 2.27. The number of amides is 1. The summed E-state index contributed by atoms with van der Waals surface area (Å²) in [4.78, 5) is 21.5. The summed E-state index contributed by atoms with van der Waals surface area (Å²) in [6.07, 6.45) is 6.16. The number of rotatable bonds is 4. The van der Waals surface area contributed by atoms with Gasteiger partial charge >= 0.3 is 0 Å². The molecular weight excluding hydrogens is 376 g/mol. The second-order valence-corrected chi connectivity index (χ2v) is 7.61. The van der Waals surface area contributed by atoms with Crippen molar-refractivity contribution in [2.45, 2.75) is 38.2 Å². The standard InChI is InChI=1S/C22H25F2N3O2/c23-16-6-7-20(19(24)15-16)29-17-8-13-26(14-9-17)21-18(5-4-10-25-21)22(28)27-11-2-1-3-12-27/h4-7,10,15,17H,1-3,8-9,11-14H2. The molecule has 2 fully saturated rings. The Morgan fingerprint density at radius 1 is 1.03 bits per heavy atom. The first-order valence-electron chi connectivity index (χ1n) is 10.2. The molecule has 2 aliphatic rings. The highest BCUT2D eigenvalue weighted by atomic mass is 19.1. The number of nitrogens with zero attached hydrogens (tertiary/aromatic N) is 3. The Morgan fingerprint density at radius 2 is 1.79 bits per heavy atom. The summed E-state index contributed by atoms with van der Waals surface area (Å²) >= 11 is 0. The van der Waals surface area contributed by atoms with E-state index >= 15 is 0 Å². The first kappa shape index (κ1) is 19.6. The lowest BCUT2D eigenvalue weighted by atomic mass is 10.1. The molecule has 0 spiro atoms. The molecule has 0 unspecified atom stereocenters. The van der Waals surface area contributed by atoms with Gasteiger partial charge in [0.15, 0.2) is 11.6 Å². The zero-order chi connectivity index (χ0) is 20.2. The number of ether oxygens (including phenoxy) is 1. The summed E-state index contributed by atoms with van der Waals surface area (Å²) in [5.74, 6) is -0.491. The number of hydrogen-bond donors (Lipinski definition) is 0. The van der Waals surface area contributed by atoms with Gasteiger partial charge in [-0.3, -0.25) is 4.79 Å². The number of halogens is 2. The van der Waals surface area contributed by atoms with Crippen molar-refractivity contribution in [3.63, 3.8) is 0 Å². The summed E-state index contributed by atoms with van der Waals surface area (Å²) < 4.78 is 32.6.